The maximum Gasteiger partial charge on any atom is 0.161 e. The summed E-state index contributed by atoms with van der Waals surface area (Å²) < 4.78 is 15.4. The smallest absolute Gasteiger partial charge is 0.161 e. The molecular formula is C26H32FN3O. The monoisotopic (exact) mass is 421 g/mol. The third-order valence-corrected chi connectivity index (χ3v) is 6.35. The van der Waals surface area contributed by atoms with E-state index < -0.39 is 0 Å². The molecular weight excluding hydrogens is 389 g/mol. The van der Waals surface area contributed by atoms with Crippen LogP contribution in [0.15, 0.2) is 48.7 Å². The second-order valence-corrected chi connectivity index (χ2v) is 8.71. The highest BCUT2D eigenvalue weighted by molar-refractivity contribution is 6.07. The van der Waals surface area contributed by atoms with Gasteiger partial charge in [-0.3, -0.25) is 9.69 Å². The summed E-state index contributed by atoms with van der Waals surface area (Å²) in [7, 11) is 0. The zero-order valence-corrected chi connectivity index (χ0v) is 18.6. The summed E-state index contributed by atoms with van der Waals surface area (Å²) >= 11 is 0. The van der Waals surface area contributed by atoms with Crippen molar-refractivity contribution in [1.29, 1.82) is 0 Å². The van der Waals surface area contributed by atoms with Crippen LogP contribution in [-0.2, 0) is 13.1 Å². The first-order valence-corrected chi connectivity index (χ1v) is 11.3. The lowest BCUT2D eigenvalue weighted by atomic mass is 10.1. The number of aryl methyl sites for hydroxylation is 2. The molecule has 1 aliphatic heterocycles. The van der Waals surface area contributed by atoms with E-state index in [2.05, 4.69) is 33.4 Å². The Morgan fingerprint density at radius 1 is 0.968 bits per heavy atom. The first-order chi connectivity index (χ1) is 15.0. The molecule has 3 aromatic rings. The van der Waals surface area contributed by atoms with Gasteiger partial charge in [0.25, 0.3) is 0 Å². The van der Waals surface area contributed by atoms with Gasteiger partial charge in [0.05, 0.1) is 5.52 Å². The fraction of sp³-hybridized carbons (Fsp3) is 0.423. The van der Waals surface area contributed by atoms with Crippen LogP contribution in [0.3, 0.4) is 0 Å². The number of carbonyl (C=O) groups is 1. The molecule has 1 saturated heterocycles. The highest BCUT2D eigenvalue weighted by atomic mass is 19.1. The summed E-state index contributed by atoms with van der Waals surface area (Å²) in [5.41, 5.74) is 4.40. The zero-order chi connectivity index (χ0) is 21.8. The van der Waals surface area contributed by atoms with Gasteiger partial charge in [0.1, 0.15) is 5.82 Å². The SMILES string of the molecule is CC(=O)c1cn(CCCN2CCCN(Cc3ccc(F)cc3)CC2)c2c(C)cccc12. The number of ketones is 1. The van der Waals surface area contributed by atoms with Gasteiger partial charge in [-0.2, -0.15) is 0 Å². The molecule has 0 amide bonds. The Morgan fingerprint density at radius 3 is 2.48 bits per heavy atom. The minimum atomic E-state index is -0.174. The molecule has 1 aromatic heterocycles. The van der Waals surface area contributed by atoms with Crippen LogP contribution in [-0.4, -0.2) is 52.9 Å². The quantitative estimate of drug-likeness (QED) is 0.509. The Balaban J connectivity index is 1.32. The van der Waals surface area contributed by atoms with Gasteiger partial charge in [0, 0.05) is 43.3 Å². The van der Waals surface area contributed by atoms with Crippen molar-refractivity contribution >= 4 is 16.7 Å². The van der Waals surface area contributed by atoms with Crippen LogP contribution in [0.4, 0.5) is 4.39 Å². The number of para-hydroxylation sites is 1. The van der Waals surface area contributed by atoms with Crippen molar-refractivity contribution in [2.24, 2.45) is 0 Å². The van der Waals surface area contributed by atoms with Crippen LogP contribution in [0.2, 0.25) is 0 Å². The van der Waals surface area contributed by atoms with Gasteiger partial charge >= 0.3 is 0 Å². The van der Waals surface area contributed by atoms with E-state index in [0.717, 1.165) is 69.6 Å². The minimum absolute atomic E-state index is 0.128. The average Bonchev–Trinajstić information content (AvgIpc) is 2.99. The predicted molar refractivity (Wildman–Crippen MR) is 124 cm³/mol. The molecule has 0 aliphatic carbocycles. The largest absolute Gasteiger partial charge is 0.346 e. The number of rotatable bonds is 7. The second kappa shape index (κ2) is 9.75. The van der Waals surface area contributed by atoms with E-state index in [9.17, 15) is 9.18 Å². The van der Waals surface area contributed by atoms with E-state index in [4.69, 9.17) is 0 Å². The Hall–Kier alpha value is -2.50. The van der Waals surface area contributed by atoms with Crippen molar-refractivity contribution in [3.8, 4) is 0 Å². The second-order valence-electron chi connectivity index (χ2n) is 8.71. The van der Waals surface area contributed by atoms with Crippen molar-refractivity contribution in [2.45, 2.75) is 39.8 Å². The number of nitrogens with zero attached hydrogens (tertiary/aromatic N) is 3. The van der Waals surface area contributed by atoms with Crippen LogP contribution in [0, 0.1) is 12.7 Å². The van der Waals surface area contributed by atoms with Crippen molar-refractivity contribution in [3.63, 3.8) is 0 Å². The lowest BCUT2D eigenvalue weighted by molar-refractivity contribution is 0.101. The van der Waals surface area contributed by atoms with Gasteiger partial charge in [-0.15, -0.1) is 0 Å². The molecule has 0 unspecified atom stereocenters. The third kappa shape index (κ3) is 5.23. The first-order valence-electron chi connectivity index (χ1n) is 11.3. The molecule has 4 nitrogen and oxygen atoms in total. The molecule has 0 atom stereocenters. The summed E-state index contributed by atoms with van der Waals surface area (Å²) in [5.74, 6) is -0.0463. The topological polar surface area (TPSA) is 28.5 Å². The number of halogens is 1. The van der Waals surface area contributed by atoms with E-state index in [0.29, 0.717) is 0 Å². The molecule has 0 spiro atoms. The predicted octanol–water partition coefficient (Wildman–Crippen LogP) is 4.89. The minimum Gasteiger partial charge on any atom is -0.346 e. The number of hydrogen-bond acceptors (Lipinski definition) is 3. The number of Topliss-reactive ketones (excluding diaryl/α,β-unsaturated/α-hetero) is 1. The molecule has 5 heteroatoms. The van der Waals surface area contributed by atoms with Crippen molar-refractivity contribution < 1.29 is 9.18 Å². The van der Waals surface area contributed by atoms with E-state index in [1.54, 1.807) is 19.1 Å². The normalized spacial score (nSPS) is 16.0. The van der Waals surface area contributed by atoms with Crippen LogP contribution < -0.4 is 0 Å². The highest BCUT2D eigenvalue weighted by Gasteiger charge is 2.16. The number of benzene rings is 2. The molecule has 164 valence electrons. The third-order valence-electron chi connectivity index (χ3n) is 6.35. The van der Waals surface area contributed by atoms with Gasteiger partial charge in [-0.25, -0.2) is 4.39 Å². The fourth-order valence-electron chi connectivity index (χ4n) is 4.72. The summed E-state index contributed by atoms with van der Waals surface area (Å²) in [6.45, 7) is 10.9. The van der Waals surface area contributed by atoms with Crippen molar-refractivity contribution in [3.05, 3.63) is 71.2 Å². The highest BCUT2D eigenvalue weighted by Crippen LogP contribution is 2.25. The maximum absolute atomic E-state index is 13.1. The summed E-state index contributed by atoms with van der Waals surface area (Å²) in [4.78, 5) is 17.1. The van der Waals surface area contributed by atoms with Crippen LogP contribution in [0.5, 0.6) is 0 Å². The standard InChI is InChI=1S/C26H32FN3O/c1-20-6-3-7-24-25(21(2)31)19-30(26(20)24)15-5-13-28-12-4-14-29(17-16-28)18-22-8-10-23(27)11-9-22/h3,6-11,19H,4-5,12-18H2,1-2H3. The molecule has 0 radical (unpaired) electrons. The molecule has 1 fully saturated rings. The molecule has 0 N–H and O–H groups in total. The van der Waals surface area contributed by atoms with Crippen LogP contribution >= 0.6 is 0 Å². The summed E-state index contributed by atoms with van der Waals surface area (Å²) in [6, 6.07) is 13.1. The van der Waals surface area contributed by atoms with E-state index in [1.807, 2.05) is 24.4 Å². The molecule has 1 aliphatic rings. The first kappa shape index (κ1) is 21.7. The lowest BCUT2D eigenvalue weighted by Crippen LogP contribution is -2.31. The van der Waals surface area contributed by atoms with Gasteiger partial charge in [-0.1, -0.05) is 30.3 Å². The number of hydrogen-bond donors (Lipinski definition) is 0. The molecule has 0 saturated carbocycles. The number of aromatic nitrogens is 1. The molecule has 0 bridgehead atoms. The summed E-state index contributed by atoms with van der Waals surface area (Å²) in [5, 5.41) is 1.07. The Kier molecular flexibility index (Phi) is 6.83. The molecule has 4 rings (SSSR count). The van der Waals surface area contributed by atoms with Crippen molar-refractivity contribution in [2.75, 3.05) is 32.7 Å². The Morgan fingerprint density at radius 2 is 1.71 bits per heavy atom. The van der Waals surface area contributed by atoms with E-state index in [1.165, 1.54) is 16.6 Å². The Bertz CT molecular complexity index is 1040. The van der Waals surface area contributed by atoms with Crippen molar-refractivity contribution in [1.82, 2.24) is 14.4 Å². The number of fused-ring (bicyclic) bond motifs is 1. The lowest BCUT2D eigenvalue weighted by Gasteiger charge is -2.22. The molecule has 2 heterocycles. The average molecular weight is 422 g/mol. The van der Waals surface area contributed by atoms with E-state index in [-0.39, 0.29) is 11.6 Å². The van der Waals surface area contributed by atoms with Gasteiger partial charge < -0.3 is 9.47 Å². The van der Waals surface area contributed by atoms with Crippen LogP contribution in [0.1, 0.15) is 41.3 Å². The fourth-order valence-corrected chi connectivity index (χ4v) is 4.72. The maximum atomic E-state index is 13.1. The van der Waals surface area contributed by atoms with E-state index >= 15 is 0 Å². The number of carbonyl (C=O) groups excluding carboxylic acids is 1. The van der Waals surface area contributed by atoms with Crippen LogP contribution in [0.25, 0.3) is 10.9 Å². The Labute approximate surface area is 184 Å². The molecule has 31 heavy (non-hydrogen) atoms. The van der Waals surface area contributed by atoms with Gasteiger partial charge in [0.15, 0.2) is 5.78 Å². The van der Waals surface area contributed by atoms with Gasteiger partial charge in [0.2, 0.25) is 0 Å². The zero-order valence-electron chi connectivity index (χ0n) is 18.6. The molecule has 2 aromatic carbocycles. The van der Waals surface area contributed by atoms with Gasteiger partial charge in [-0.05, 0) is 69.6 Å². The summed E-state index contributed by atoms with van der Waals surface area (Å²) in [6.07, 6.45) is 4.25.